The smallest absolute Gasteiger partial charge is 0.293 e. The lowest BCUT2D eigenvalue weighted by Gasteiger charge is -2.07. The normalized spacial score (nSPS) is 13.9. The van der Waals surface area contributed by atoms with Gasteiger partial charge in [-0.05, 0) is 47.6 Å². The van der Waals surface area contributed by atoms with Crippen LogP contribution in [0.2, 0.25) is 0 Å². The fourth-order valence-corrected chi connectivity index (χ4v) is 2.12. The van der Waals surface area contributed by atoms with Crippen molar-refractivity contribution in [1.29, 1.82) is 0 Å². The summed E-state index contributed by atoms with van der Waals surface area (Å²) in [6.45, 7) is 0.389. The van der Waals surface area contributed by atoms with Crippen molar-refractivity contribution in [2.75, 3.05) is 11.9 Å². The molecule has 0 aromatic heterocycles. The summed E-state index contributed by atoms with van der Waals surface area (Å²) in [5, 5.41) is 16.7. The maximum atomic E-state index is 11.5. The van der Waals surface area contributed by atoms with Crippen LogP contribution in [-0.4, -0.2) is 23.4 Å². The third-order valence-electron chi connectivity index (χ3n) is 2.77. The monoisotopic (exact) mass is 375 g/mol. The molecule has 1 aromatic carbocycles. The molecule has 1 amide bonds. The molecule has 2 N–H and O–H groups in total. The number of carbonyl (C=O) groups excluding carboxylic acids is 1. The van der Waals surface area contributed by atoms with E-state index in [1.165, 1.54) is 6.07 Å². The van der Waals surface area contributed by atoms with Gasteiger partial charge in [0.2, 0.25) is 5.91 Å². The Morgan fingerprint density at radius 3 is 2.84 bits per heavy atom. The lowest BCUT2D eigenvalue weighted by Crippen LogP contribution is -2.27. The number of benzene rings is 1. The van der Waals surface area contributed by atoms with Gasteiger partial charge in [0, 0.05) is 28.6 Å². The third-order valence-corrected chi connectivity index (χ3v) is 3.44. The van der Waals surface area contributed by atoms with E-state index in [1.807, 2.05) is 22.6 Å². The molecule has 0 heterocycles. The van der Waals surface area contributed by atoms with Gasteiger partial charge in [0.1, 0.15) is 5.69 Å². The minimum absolute atomic E-state index is 0.0110. The van der Waals surface area contributed by atoms with E-state index < -0.39 is 4.92 Å². The third kappa shape index (κ3) is 4.34. The molecule has 0 radical (unpaired) electrons. The lowest BCUT2D eigenvalue weighted by molar-refractivity contribution is -0.384. The van der Waals surface area contributed by atoms with Gasteiger partial charge in [0.15, 0.2) is 0 Å². The molecule has 2 rings (SSSR count). The molecule has 0 atom stereocenters. The first kappa shape index (κ1) is 14.0. The highest BCUT2D eigenvalue weighted by Crippen LogP contribution is 2.26. The fraction of sp³-hybridized carbons (Fsp3) is 0.417. The van der Waals surface area contributed by atoms with E-state index in [0.717, 1.165) is 16.4 Å². The van der Waals surface area contributed by atoms with Gasteiger partial charge in [-0.15, -0.1) is 0 Å². The molecule has 0 aliphatic heterocycles. The van der Waals surface area contributed by atoms with E-state index in [-0.39, 0.29) is 11.6 Å². The van der Waals surface area contributed by atoms with Crippen LogP contribution < -0.4 is 10.6 Å². The molecular weight excluding hydrogens is 361 g/mol. The van der Waals surface area contributed by atoms with Crippen LogP contribution in [0.25, 0.3) is 0 Å². The summed E-state index contributed by atoms with van der Waals surface area (Å²) in [4.78, 5) is 22.0. The predicted molar refractivity (Wildman–Crippen MR) is 80.1 cm³/mol. The summed E-state index contributed by atoms with van der Waals surface area (Å²) in [6, 6.07) is 5.31. The summed E-state index contributed by atoms with van der Waals surface area (Å²) >= 11 is 2.03. The Kier molecular flexibility index (Phi) is 4.56. The van der Waals surface area contributed by atoms with Crippen molar-refractivity contribution in [3.63, 3.8) is 0 Å². The van der Waals surface area contributed by atoms with E-state index in [9.17, 15) is 14.9 Å². The number of rotatable bonds is 6. The quantitative estimate of drug-likeness (QED) is 0.454. The number of nitrogens with one attached hydrogen (secondary N) is 2. The summed E-state index contributed by atoms with van der Waals surface area (Å²) < 4.78 is 0.807. The number of anilines is 1. The lowest BCUT2D eigenvalue weighted by atomic mass is 10.2. The van der Waals surface area contributed by atoms with Gasteiger partial charge >= 0.3 is 0 Å². The zero-order valence-electron chi connectivity index (χ0n) is 10.2. The number of hydrogen-bond acceptors (Lipinski definition) is 4. The first-order valence-corrected chi connectivity index (χ1v) is 7.11. The largest absolute Gasteiger partial charge is 0.379 e. The fourth-order valence-electron chi connectivity index (χ4n) is 1.64. The molecule has 19 heavy (non-hydrogen) atoms. The number of hydrogen-bond donors (Lipinski definition) is 2. The van der Waals surface area contributed by atoms with Crippen LogP contribution in [0, 0.1) is 13.7 Å². The van der Waals surface area contributed by atoms with Crippen LogP contribution in [0.1, 0.15) is 19.3 Å². The number of carbonyl (C=O) groups is 1. The zero-order chi connectivity index (χ0) is 13.8. The highest BCUT2D eigenvalue weighted by Gasteiger charge is 2.22. The Labute approximate surface area is 124 Å². The first-order chi connectivity index (χ1) is 9.06. The van der Waals surface area contributed by atoms with Gasteiger partial charge in [-0.1, -0.05) is 0 Å². The predicted octanol–water partition coefficient (Wildman–Crippen LogP) is 2.28. The summed E-state index contributed by atoms with van der Waals surface area (Å²) in [5.41, 5.74) is 0.485. The number of amides is 1. The second-order valence-electron chi connectivity index (χ2n) is 4.44. The van der Waals surface area contributed by atoms with Crippen LogP contribution in [0.15, 0.2) is 18.2 Å². The minimum atomic E-state index is -0.422. The summed E-state index contributed by atoms with van der Waals surface area (Å²) in [6.07, 6.45) is 2.43. The van der Waals surface area contributed by atoms with E-state index in [0.29, 0.717) is 24.7 Å². The van der Waals surface area contributed by atoms with Crippen LogP contribution in [-0.2, 0) is 4.79 Å². The van der Waals surface area contributed by atoms with Crippen molar-refractivity contribution in [1.82, 2.24) is 5.32 Å². The van der Waals surface area contributed by atoms with Crippen LogP contribution in [0.4, 0.5) is 11.4 Å². The van der Waals surface area contributed by atoms with Crippen molar-refractivity contribution in [2.45, 2.75) is 25.3 Å². The van der Waals surface area contributed by atoms with Gasteiger partial charge < -0.3 is 10.6 Å². The molecule has 6 nitrogen and oxygen atoms in total. The second-order valence-corrected chi connectivity index (χ2v) is 5.68. The van der Waals surface area contributed by atoms with Crippen molar-refractivity contribution in [2.24, 2.45) is 0 Å². The van der Waals surface area contributed by atoms with Gasteiger partial charge in [-0.2, -0.15) is 0 Å². The average Bonchev–Trinajstić information content (AvgIpc) is 3.14. The van der Waals surface area contributed by atoms with E-state index in [2.05, 4.69) is 10.6 Å². The number of halogens is 1. The van der Waals surface area contributed by atoms with Crippen LogP contribution in [0.3, 0.4) is 0 Å². The molecule has 0 unspecified atom stereocenters. The van der Waals surface area contributed by atoms with Gasteiger partial charge in [0.05, 0.1) is 4.92 Å². The standard InChI is InChI=1S/C12H14IN3O3/c13-8-1-4-10(11(7-8)16(18)19)14-6-5-12(17)15-9-2-3-9/h1,4,7,9,14H,2-3,5-6H2,(H,15,17). The van der Waals surface area contributed by atoms with Crippen LogP contribution in [0.5, 0.6) is 0 Å². The Hall–Kier alpha value is -1.38. The van der Waals surface area contributed by atoms with Gasteiger partial charge in [-0.25, -0.2) is 0 Å². The molecule has 1 aliphatic rings. The highest BCUT2D eigenvalue weighted by atomic mass is 127. The molecule has 0 bridgehead atoms. The number of nitrogens with zero attached hydrogens (tertiary/aromatic N) is 1. The van der Waals surface area contributed by atoms with Crippen molar-refractivity contribution >= 4 is 39.9 Å². The average molecular weight is 375 g/mol. The molecule has 0 spiro atoms. The van der Waals surface area contributed by atoms with Crippen molar-refractivity contribution < 1.29 is 9.72 Å². The van der Waals surface area contributed by atoms with E-state index in [4.69, 9.17) is 0 Å². The summed E-state index contributed by atoms with van der Waals surface area (Å²) in [7, 11) is 0. The molecule has 102 valence electrons. The Morgan fingerprint density at radius 1 is 1.47 bits per heavy atom. The highest BCUT2D eigenvalue weighted by molar-refractivity contribution is 14.1. The Bertz CT molecular complexity index is 503. The maximum Gasteiger partial charge on any atom is 0.293 e. The summed E-state index contributed by atoms with van der Waals surface area (Å²) in [5.74, 6) is -0.0110. The topological polar surface area (TPSA) is 84.3 Å². The molecule has 1 fully saturated rings. The molecule has 0 saturated heterocycles. The molecule has 7 heteroatoms. The van der Waals surface area contributed by atoms with E-state index in [1.54, 1.807) is 12.1 Å². The maximum absolute atomic E-state index is 11.5. The number of nitro benzene ring substituents is 1. The van der Waals surface area contributed by atoms with E-state index >= 15 is 0 Å². The molecule has 1 aliphatic carbocycles. The van der Waals surface area contributed by atoms with Gasteiger partial charge in [-0.3, -0.25) is 14.9 Å². The van der Waals surface area contributed by atoms with Crippen molar-refractivity contribution in [3.8, 4) is 0 Å². The minimum Gasteiger partial charge on any atom is -0.379 e. The SMILES string of the molecule is O=C(CCNc1ccc(I)cc1[N+](=O)[O-])NC1CC1. The Morgan fingerprint density at radius 2 is 2.21 bits per heavy atom. The zero-order valence-corrected chi connectivity index (χ0v) is 12.3. The molecule has 1 aromatic rings. The molecular formula is C12H14IN3O3. The van der Waals surface area contributed by atoms with Crippen LogP contribution >= 0.6 is 22.6 Å². The second kappa shape index (κ2) is 6.18. The molecule has 1 saturated carbocycles. The first-order valence-electron chi connectivity index (χ1n) is 6.03. The Balaban J connectivity index is 1.87. The van der Waals surface area contributed by atoms with Gasteiger partial charge in [0.25, 0.3) is 5.69 Å². The number of nitro groups is 1. The van der Waals surface area contributed by atoms with Crippen molar-refractivity contribution in [3.05, 3.63) is 31.9 Å².